The highest BCUT2D eigenvalue weighted by Gasteiger charge is 2.09. The monoisotopic (exact) mass is 432 g/mol. The first-order valence-electron chi connectivity index (χ1n) is 8.86. The number of nitrogens with zero attached hydrogens (tertiary/aromatic N) is 1. The van der Waals surface area contributed by atoms with Crippen LogP contribution in [0.1, 0.15) is 16.3 Å². The van der Waals surface area contributed by atoms with Gasteiger partial charge in [-0.2, -0.15) is 0 Å². The summed E-state index contributed by atoms with van der Waals surface area (Å²) in [5.74, 6) is 1.97. The number of carbonyl (C=O) groups is 1. The molecule has 0 saturated heterocycles. The van der Waals surface area contributed by atoms with Gasteiger partial charge in [-0.15, -0.1) is 11.3 Å². The quantitative estimate of drug-likeness (QED) is 0.547. The van der Waals surface area contributed by atoms with Crippen molar-refractivity contribution in [2.45, 2.75) is 19.6 Å². The lowest BCUT2D eigenvalue weighted by Gasteiger charge is -2.09. The van der Waals surface area contributed by atoms with Crippen LogP contribution < -0.4 is 19.5 Å². The average Bonchev–Trinajstić information content (AvgIpc) is 3.18. The summed E-state index contributed by atoms with van der Waals surface area (Å²) >= 11 is 7.32. The van der Waals surface area contributed by atoms with Crippen molar-refractivity contribution in [1.29, 1.82) is 0 Å². The lowest BCUT2D eigenvalue weighted by atomic mass is 10.2. The van der Waals surface area contributed by atoms with E-state index in [1.807, 2.05) is 17.5 Å². The number of aromatic nitrogens is 1. The molecule has 1 aromatic heterocycles. The lowest BCUT2D eigenvalue weighted by molar-refractivity contribution is -0.120. The van der Waals surface area contributed by atoms with Crippen LogP contribution >= 0.6 is 22.9 Å². The van der Waals surface area contributed by atoms with E-state index in [0.717, 1.165) is 16.3 Å². The third-order valence-corrected chi connectivity index (χ3v) is 5.14. The molecule has 29 heavy (non-hydrogen) atoms. The molecule has 0 radical (unpaired) electrons. The van der Waals surface area contributed by atoms with E-state index in [2.05, 4.69) is 10.3 Å². The van der Waals surface area contributed by atoms with Gasteiger partial charge in [-0.3, -0.25) is 4.79 Å². The number of carbonyl (C=O) groups excluding carboxylic acids is 1. The van der Waals surface area contributed by atoms with Gasteiger partial charge in [0, 0.05) is 23.0 Å². The van der Waals surface area contributed by atoms with Crippen molar-refractivity contribution >= 4 is 28.8 Å². The van der Waals surface area contributed by atoms with Gasteiger partial charge in [0.2, 0.25) is 5.91 Å². The Morgan fingerprint density at radius 2 is 1.76 bits per heavy atom. The molecule has 6 nitrogen and oxygen atoms in total. The van der Waals surface area contributed by atoms with Gasteiger partial charge >= 0.3 is 0 Å². The SMILES string of the molecule is COc1cc(CNC(=O)Cc2csc(COc3ccc(Cl)cc3)n2)cc(OC)c1. The van der Waals surface area contributed by atoms with E-state index in [-0.39, 0.29) is 12.3 Å². The molecule has 0 spiro atoms. The molecule has 0 bridgehead atoms. The first kappa shape index (κ1) is 21.0. The molecular weight excluding hydrogens is 412 g/mol. The van der Waals surface area contributed by atoms with Crippen LogP contribution in [0.5, 0.6) is 17.2 Å². The minimum atomic E-state index is -0.109. The Labute approximate surface area is 178 Å². The molecule has 1 amide bonds. The van der Waals surface area contributed by atoms with Gasteiger partial charge in [-0.05, 0) is 42.0 Å². The molecule has 0 atom stereocenters. The highest BCUT2D eigenvalue weighted by molar-refractivity contribution is 7.09. The van der Waals surface area contributed by atoms with Crippen molar-refractivity contribution in [3.05, 3.63) is 69.1 Å². The maximum atomic E-state index is 12.3. The molecule has 3 rings (SSSR count). The van der Waals surface area contributed by atoms with Crippen molar-refractivity contribution in [1.82, 2.24) is 10.3 Å². The Morgan fingerprint density at radius 3 is 2.41 bits per heavy atom. The molecular formula is C21H21ClN2O4S. The van der Waals surface area contributed by atoms with E-state index in [9.17, 15) is 4.79 Å². The number of thiazole rings is 1. The maximum absolute atomic E-state index is 12.3. The number of benzene rings is 2. The van der Waals surface area contributed by atoms with Crippen LogP contribution in [-0.2, 0) is 24.4 Å². The summed E-state index contributed by atoms with van der Waals surface area (Å²) in [6.45, 7) is 0.723. The van der Waals surface area contributed by atoms with Crippen LogP contribution in [0.4, 0.5) is 0 Å². The summed E-state index contributed by atoms with van der Waals surface area (Å²) in [6.07, 6.45) is 0.207. The van der Waals surface area contributed by atoms with Crippen molar-refractivity contribution in [3.63, 3.8) is 0 Å². The van der Waals surface area contributed by atoms with Crippen LogP contribution in [0, 0.1) is 0 Å². The largest absolute Gasteiger partial charge is 0.497 e. The Morgan fingerprint density at radius 1 is 1.07 bits per heavy atom. The van der Waals surface area contributed by atoms with Gasteiger partial charge in [-0.1, -0.05) is 11.6 Å². The Bertz CT molecular complexity index is 937. The van der Waals surface area contributed by atoms with Gasteiger partial charge in [0.25, 0.3) is 0 Å². The number of nitrogens with one attached hydrogen (secondary N) is 1. The van der Waals surface area contributed by atoms with Crippen molar-refractivity contribution < 1.29 is 19.0 Å². The standard InChI is InChI=1S/C21H21ClN2O4S/c1-26-18-7-14(8-19(10-18)27-2)11-23-20(25)9-16-13-29-21(24-16)12-28-17-5-3-15(22)4-6-17/h3-8,10,13H,9,11-12H2,1-2H3,(H,23,25). The molecule has 0 saturated carbocycles. The summed E-state index contributed by atoms with van der Waals surface area (Å²) in [5, 5.41) is 6.23. The number of ether oxygens (including phenoxy) is 3. The second-order valence-corrected chi connectivity index (χ2v) is 7.53. The molecule has 2 aromatic carbocycles. The van der Waals surface area contributed by atoms with Gasteiger partial charge in [0.15, 0.2) is 0 Å². The zero-order valence-electron chi connectivity index (χ0n) is 16.1. The molecule has 0 aliphatic rings. The number of hydrogen-bond donors (Lipinski definition) is 1. The van der Waals surface area contributed by atoms with Crippen molar-refractivity contribution in [3.8, 4) is 17.2 Å². The molecule has 0 aliphatic carbocycles. The normalized spacial score (nSPS) is 10.4. The van der Waals surface area contributed by atoms with E-state index in [1.54, 1.807) is 44.6 Å². The highest BCUT2D eigenvalue weighted by Crippen LogP contribution is 2.22. The van der Waals surface area contributed by atoms with Gasteiger partial charge < -0.3 is 19.5 Å². The smallest absolute Gasteiger partial charge is 0.226 e. The second-order valence-electron chi connectivity index (χ2n) is 6.15. The lowest BCUT2D eigenvalue weighted by Crippen LogP contribution is -2.24. The minimum Gasteiger partial charge on any atom is -0.497 e. The highest BCUT2D eigenvalue weighted by atomic mass is 35.5. The second kappa shape index (κ2) is 10.1. The Hall–Kier alpha value is -2.77. The number of methoxy groups -OCH3 is 2. The van der Waals surface area contributed by atoms with Gasteiger partial charge in [0.1, 0.15) is 28.9 Å². The molecule has 1 heterocycles. The van der Waals surface area contributed by atoms with Crippen LogP contribution in [0.2, 0.25) is 5.02 Å². The summed E-state index contributed by atoms with van der Waals surface area (Å²) < 4.78 is 16.2. The van der Waals surface area contributed by atoms with Crippen LogP contribution in [0.15, 0.2) is 47.8 Å². The van der Waals surface area contributed by atoms with Gasteiger partial charge in [0.05, 0.1) is 26.3 Å². The van der Waals surface area contributed by atoms with E-state index < -0.39 is 0 Å². The van der Waals surface area contributed by atoms with E-state index in [4.69, 9.17) is 25.8 Å². The minimum absolute atomic E-state index is 0.109. The van der Waals surface area contributed by atoms with Crippen LogP contribution in [0.3, 0.4) is 0 Å². The summed E-state index contributed by atoms with van der Waals surface area (Å²) in [7, 11) is 3.18. The Balaban J connectivity index is 1.49. The third kappa shape index (κ3) is 6.37. The fourth-order valence-corrected chi connectivity index (χ4v) is 3.40. The maximum Gasteiger partial charge on any atom is 0.226 e. The number of rotatable bonds is 9. The van der Waals surface area contributed by atoms with Crippen molar-refractivity contribution in [2.24, 2.45) is 0 Å². The third-order valence-electron chi connectivity index (χ3n) is 4.02. The van der Waals surface area contributed by atoms with E-state index in [0.29, 0.717) is 35.4 Å². The topological polar surface area (TPSA) is 69.7 Å². The molecule has 1 N–H and O–H groups in total. The zero-order chi connectivity index (χ0) is 20.6. The summed E-state index contributed by atoms with van der Waals surface area (Å²) in [5.41, 5.74) is 1.61. The number of amides is 1. The number of hydrogen-bond acceptors (Lipinski definition) is 6. The molecule has 3 aromatic rings. The van der Waals surface area contributed by atoms with Crippen LogP contribution in [0.25, 0.3) is 0 Å². The summed E-state index contributed by atoms with van der Waals surface area (Å²) in [4.78, 5) is 16.7. The first-order chi connectivity index (χ1) is 14.1. The van der Waals surface area contributed by atoms with Crippen molar-refractivity contribution in [2.75, 3.05) is 14.2 Å². The fourth-order valence-electron chi connectivity index (χ4n) is 2.57. The van der Waals surface area contributed by atoms with Crippen LogP contribution in [-0.4, -0.2) is 25.1 Å². The molecule has 8 heteroatoms. The predicted molar refractivity (Wildman–Crippen MR) is 113 cm³/mol. The number of halogens is 1. The molecule has 0 aliphatic heterocycles. The first-order valence-corrected chi connectivity index (χ1v) is 10.1. The zero-order valence-corrected chi connectivity index (χ0v) is 17.7. The van der Waals surface area contributed by atoms with Gasteiger partial charge in [-0.25, -0.2) is 4.98 Å². The molecule has 152 valence electrons. The molecule has 0 unspecified atom stereocenters. The van der Waals surface area contributed by atoms with E-state index >= 15 is 0 Å². The fraction of sp³-hybridized carbons (Fsp3) is 0.238. The molecule has 0 fully saturated rings. The predicted octanol–water partition coefficient (Wildman–Crippen LogP) is 4.25. The average molecular weight is 433 g/mol. The Kier molecular flexibility index (Phi) is 7.32. The summed E-state index contributed by atoms with van der Waals surface area (Å²) in [6, 6.07) is 12.7. The van der Waals surface area contributed by atoms with E-state index in [1.165, 1.54) is 11.3 Å².